The van der Waals surface area contributed by atoms with Gasteiger partial charge in [-0.3, -0.25) is 5.10 Å². The Kier molecular flexibility index (Phi) is 3.33. The Morgan fingerprint density at radius 1 is 1.55 bits per heavy atom. The second-order valence-electron chi connectivity index (χ2n) is 4.21. The van der Waals surface area contributed by atoms with E-state index < -0.39 is 4.92 Å². The third-order valence-corrected chi connectivity index (χ3v) is 3.64. The Morgan fingerprint density at radius 3 is 3.20 bits per heavy atom. The first-order chi connectivity index (χ1) is 9.75. The number of H-pyrrole nitrogens is 1. The summed E-state index contributed by atoms with van der Waals surface area (Å²) < 4.78 is 1.49. The number of rotatable bonds is 6. The summed E-state index contributed by atoms with van der Waals surface area (Å²) in [5.74, 6) is 0.314. The predicted octanol–water partition coefficient (Wildman–Crippen LogP) is 2.07. The van der Waals surface area contributed by atoms with Crippen LogP contribution in [0.15, 0.2) is 23.8 Å². The maximum absolute atomic E-state index is 11.1. The molecule has 0 aromatic carbocycles. The van der Waals surface area contributed by atoms with Crippen LogP contribution in [0.4, 0.5) is 11.6 Å². The minimum Gasteiger partial charge on any atom is -0.363 e. The van der Waals surface area contributed by atoms with Gasteiger partial charge in [0, 0.05) is 23.8 Å². The van der Waals surface area contributed by atoms with Crippen molar-refractivity contribution < 1.29 is 4.92 Å². The van der Waals surface area contributed by atoms with Crippen LogP contribution in [0.5, 0.6) is 0 Å². The van der Waals surface area contributed by atoms with E-state index >= 15 is 0 Å². The van der Waals surface area contributed by atoms with Crippen LogP contribution in [0.2, 0.25) is 0 Å². The zero-order valence-corrected chi connectivity index (χ0v) is 11.3. The average molecular weight is 292 g/mol. The number of hydrogen-bond donors (Lipinski definition) is 2. The van der Waals surface area contributed by atoms with Gasteiger partial charge >= 0.3 is 5.82 Å². The number of nitro groups is 1. The lowest BCUT2D eigenvalue weighted by Gasteiger charge is -2.02. The molecule has 3 heterocycles. The van der Waals surface area contributed by atoms with Crippen LogP contribution >= 0.6 is 11.3 Å². The van der Waals surface area contributed by atoms with Crippen molar-refractivity contribution in [1.82, 2.24) is 19.6 Å². The highest BCUT2D eigenvalue weighted by molar-refractivity contribution is 7.15. The number of nitrogens with zero attached hydrogens (tertiary/aromatic N) is 4. The van der Waals surface area contributed by atoms with Gasteiger partial charge in [-0.2, -0.15) is 14.5 Å². The smallest absolute Gasteiger partial charge is 0.363 e. The number of aryl methyl sites for hydroxylation is 1. The zero-order valence-electron chi connectivity index (χ0n) is 10.4. The van der Waals surface area contributed by atoms with Gasteiger partial charge in [-0.05, 0) is 23.8 Å². The summed E-state index contributed by atoms with van der Waals surface area (Å²) in [7, 11) is 0. The molecular formula is C11H12N6O2S. The van der Waals surface area contributed by atoms with Crippen molar-refractivity contribution in [3.8, 4) is 0 Å². The van der Waals surface area contributed by atoms with Crippen LogP contribution in [0.3, 0.4) is 0 Å². The van der Waals surface area contributed by atoms with E-state index in [4.69, 9.17) is 0 Å². The summed E-state index contributed by atoms with van der Waals surface area (Å²) >= 11 is 1.37. The van der Waals surface area contributed by atoms with Gasteiger partial charge in [0.25, 0.3) is 4.96 Å². The summed E-state index contributed by atoms with van der Waals surface area (Å²) in [5, 5.41) is 22.7. The van der Waals surface area contributed by atoms with Gasteiger partial charge in [-0.1, -0.05) is 11.3 Å². The Morgan fingerprint density at radius 2 is 2.45 bits per heavy atom. The van der Waals surface area contributed by atoms with Crippen molar-refractivity contribution in [2.45, 2.75) is 12.8 Å². The molecule has 2 N–H and O–H groups in total. The molecule has 3 aromatic rings. The lowest BCUT2D eigenvalue weighted by atomic mass is 10.2. The Bertz CT molecular complexity index is 717. The second kappa shape index (κ2) is 5.29. The summed E-state index contributed by atoms with van der Waals surface area (Å²) in [4.78, 5) is 15.6. The normalized spacial score (nSPS) is 11.0. The van der Waals surface area contributed by atoms with Crippen LogP contribution in [-0.4, -0.2) is 31.1 Å². The molecule has 0 aliphatic carbocycles. The molecule has 0 atom stereocenters. The van der Waals surface area contributed by atoms with Gasteiger partial charge in [0.2, 0.25) is 5.82 Å². The maximum Gasteiger partial charge on any atom is 0.372 e. The molecule has 0 radical (unpaired) electrons. The molecule has 0 aliphatic heterocycles. The minimum atomic E-state index is -0.413. The molecule has 0 fully saturated rings. The van der Waals surface area contributed by atoms with E-state index in [2.05, 4.69) is 20.5 Å². The molecule has 0 spiro atoms. The fourth-order valence-corrected chi connectivity index (χ4v) is 2.69. The highest BCUT2D eigenvalue weighted by Crippen LogP contribution is 2.27. The molecule has 0 bridgehead atoms. The number of hydrogen-bond acceptors (Lipinski definition) is 6. The van der Waals surface area contributed by atoms with Gasteiger partial charge in [-0.25, -0.2) is 0 Å². The second-order valence-corrected chi connectivity index (χ2v) is 5.08. The lowest BCUT2D eigenvalue weighted by Crippen LogP contribution is -2.06. The molecule has 3 aromatic heterocycles. The molecule has 104 valence electrons. The number of fused-ring (bicyclic) bond motifs is 1. The van der Waals surface area contributed by atoms with Crippen molar-refractivity contribution in [2.75, 3.05) is 11.9 Å². The summed E-state index contributed by atoms with van der Waals surface area (Å²) in [5.41, 5.74) is 1.05. The van der Waals surface area contributed by atoms with Gasteiger partial charge < -0.3 is 15.4 Å². The maximum atomic E-state index is 11.1. The van der Waals surface area contributed by atoms with Crippen LogP contribution in [0.1, 0.15) is 12.1 Å². The molecule has 20 heavy (non-hydrogen) atoms. The van der Waals surface area contributed by atoms with E-state index in [0.717, 1.165) is 18.5 Å². The molecule has 0 saturated heterocycles. The molecule has 0 amide bonds. The Hall–Kier alpha value is -2.42. The van der Waals surface area contributed by atoms with Gasteiger partial charge in [0.05, 0.1) is 0 Å². The van der Waals surface area contributed by atoms with E-state index in [1.165, 1.54) is 15.7 Å². The van der Waals surface area contributed by atoms with E-state index in [1.54, 1.807) is 17.8 Å². The fourth-order valence-electron chi connectivity index (χ4n) is 1.98. The standard InChI is InChI=1S/C11H12N6O2S/c18-17(19)10-9(14-11-16(10)6-7-20-11)12-4-1-2-8-3-5-13-15-8/h3,5-7,12H,1-2,4H2,(H,13,15). The predicted molar refractivity (Wildman–Crippen MR) is 75.1 cm³/mol. The van der Waals surface area contributed by atoms with Gasteiger partial charge in [0.15, 0.2) is 0 Å². The number of thiazole rings is 1. The van der Waals surface area contributed by atoms with Crippen molar-refractivity contribution in [2.24, 2.45) is 0 Å². The van der Waals surface area contributed by atoms with Crippen LogP contribution in [-0.2, 0) is 6.42 Å². The number of aromatic nitrogens is 4. The molecule has 9 heteroatoms. The fraction of sp³-hybridized carbons (Fsp3) is 0.273. The van der Waals surface area contributed by atoms with E-state index in [-0.39, 0.29) is 5.82 Å². The van der Waals surface area contributed by atoms with Crippen LogP contribution in [0.25, 0.3) is 4.96 Å². The van der Waals surface area contributed by atoms with E-state index in [9.17, 15) is 10.1 Å². The molecule has 3 rings (SSSR count). The first-order valence-corrected chi connectivity index (χ1v) is 6.96. The molecular weight excluding hydrogens is 280 g/mol. The number of nitrogens with one attached hydrogen (secondary N) is 2. The van der Waals surface area contributed by atoms with Crippen molar-refractivity contribution in [3.63, 3.8) is 0 Å². The number of imidazole rings is 1. The average Bonchev–Trinajstić information content (AvgIpc) is 3.10. The molecule has 0 aliphatic rings. The van der Waals surface area contributed by atoms with E-state index in [1.807, 2.05) is 6.07 Å². The number of anilines is 1. The Balaban J connectivity index is 1.66. The highest BCUT2D eigenvalue weighted by Gasteiger charge is 2.22. The first-order valence-electron chi connectivity index (χ1n) is 6.08. The van der Waals surface area contributed by atoms with E-state index in [0.29, 0.717) is 17.3 Å². The topological polar surface area (TPSA) is 101 Å². The van der Waals surface area contributed by atoms with Gasteiger partial charge in [0.1, 0.15) is 6.20 Å². The summed E-state index contributed by atoms with van der Waals surface area (Å²) in [6, 6.07) is 1.91. The summed E-state index contributed by atoms with van der Waals surface area (Å²) in [6.45, 7) is 0.616. The van der Waals surface area contributed by atoms with Crippen molar-refractivity contribution in [1.29, 1.82) is 0 Å². The van der Waals surface area contributed by atoms with Crippen LogP contribution in [0, 0.1) is 10.1 Å². The highest BCUT2D eigenvalue weighted by atomic mass is 32.1. The molecule has 8 nitrogen and oxygen atoms in total. The SMILES string of the molecule is O=[N+]([O-])c1c(NCCCc2ccn[nH]2)nc2sccn12. The van der Waals surface area contributed by atoms with Crippen molar-refractivity contribution in [3.05, 3.63) is 39.6 Å². The zero-order chi connectivity index (χ0) is 13.9. The molecule has 0 saturated carbocycles. The monoisotopic (exact) mass is 292 g/mol. The molecule has 0 unspecified atom stereocenters. The lowest BCUT2D eigenvalue weighted by molar-refractivity contribution is -0.389. The third kappa shape index (κ3) is 2.35. The van der Waals surface area contributed by atoms with Crippen molar-refractivity contribution >= 4 is 27.9 Å². The largest absolute Gasteiger partial charge is 0.372 e. The first kappa shape index (κ1) is 12.6. The van der Waals surface area contributed by atoms with Crippen LogP contribution < -0.4 is 5.32 Å². The third-order valence-electron chi connectivity index (χ3n) is 2.88. The number of aromatic amines is 1. The minimum absolute atomic E-state index is 0.0113. The summed E-state index contributed by atoms with van der Waals surface area (Å²) in [6.07, 6.45) is 5.03. The quantitative estimate of drug-likeness (QED) is 0.411. The van der Waals surface area contributed by atoms with Gasteiger partial charge in [-0.15, -0.1) is 0 Å². The Labute approximate surface area is 117 Å².